The fourth-order valence-electron chi connectivity index (χ4n) is 3.32. The summed E-state index contributed by atoms with van der Waals surface area (Å²) in [4.78, 5) is 2.60. The quantitative estimate of drug-likeness (QED) is 0.722. The number of aromatic nitrogens is 2. The molecule has 0 saturated carbocycles. The van der Waals surface area contributed by atoms with Crippen molar-refractivity contribution < 1.29 is 9.47 Å². The number of unbranched alkanes of at least 4 members (excludes halogenated alkanes) is 2. The van der Waals surface area contributed by atoms with Crippen molar-refractivity contribution in [2.45, 2.75) is 44.9 Å². The van der Waals surface area contributed by atoms with E-state index in [2.05, 4.69) is 10.00 Å². The summed E-state index contributed by atoms with van der Waals surface area (Å²) < 4.78 is 13.3. The third kappa shape index (κ3) is 4.53. The molecule has 0 atom stereocenters. The minimum Gasteiger partial charge on any atom is -0.350 e. The minimum atomic E-state index is 0.0845. The van der Waals surface area contributed by atoms with Crippen LogP contribution in [0.1, 0.15) is 32.1 Å². The predicted octanol–water partition coefficient (Wildman–Crippen LogP) is 2.14. The molecule has 118 valence electrons. The van der Waals surface area contributed by atoms with E-state index in [1.165, 1.54) is 51.7 Å². The first kappa shape index (κ1) is 15.0. The van der Waals surface area contributed by atoms with E-state index in [0.717, 1.165) is 19.8 Å². The smallest absolute Gasteiger partial charge is 0.160 e. The molecule has 0 aromatic carbocycles. The van der Waals surface area contributed by atoms with Crippen LogP contribution in [0.15, 0.2) is 18.5 Å². The zero-order valence-corrected chi connectivity index (χ0v) is 12.8. The molecule has 0 amide bonds. The van der Waals surface area contributed by atoms with E-state index in [1.54, 1.807) is 0 Å². The van der Waals surface area contributed by atoms with Gasteiger partial charge in [0.25, 0.3) is 0 Å². The number of piperidine rings is 1. The lowest BCUT2D eigenvalue weighted by Gasteiger charge is -2.33. The molecular formula is C16H27N3O2. The number of nitrogens with zero attached hydrogens (tertiary/aromatic N) is 3. The molecule has 1 aromatic heterocycles. The minimum absolute atomic E-state index is 0.0845. The Labute approximate surface area is 127 Å². The molecule has 0 N–H and O–H groups in total. The fourth-order valence-corrected chi connectivity index (χ4v) is 3.32. The lowest BCUT2D eigenvalue weighted by atomic mass is 9.96. The molecule has 0 radical (unpaired) electrons. The monoisotopic (exact) mass is 293 g/mol. The van der Waals surface area contributed by atoms with Gasteiger partial charge in [0.2, 0.25) is 0 Å². The summed E-state index contributed by atoms with van der Waals surface area (Å²) in [7, 11) is 0. The highest BCUT2D eigenvalue weighted by atomic mass is 16.7. The molecule has 0 bridgehead atoms. The molecule has 5 heteroatoms. The van der Waals surface area contributed by atoms with Crippen LogP contribution in [-0.4, -0.2) is 53.8 Å². The summed E-state index contributed by atoms with van der Waals surface area (Å²) >= 11 is 0. The Hall–Kier alpha value is -0.910. The molecule has 2 fully saturated rings. The van der Waals surface area contributed by atoms with E-state index < -0.39 is 0 Å². The van der Waals surface area contributed by atoms with Crippen molar-refractivity contribution in [3.63, 3.8) is 0 Å². The number of hydrogen-bond acceptors (Lipinski definition) is 4. The molecule has 2 aliphatic heterocycles. The third-order valence-electron chi connectivity index (χ3n) is 4.59. The molecule has 2 aliphatic rings. The zero-order chi connectivity index (χ0) is 14.3. The normalized spacial score (nSPS) is 22.1. The number of hydrogen-bond donors (Lipinski definition) is 0. The zero-order valence-electron chi connectivity index (χ0n) is 12.8. The van der Waals surface area contributed by atoms with Crippen molar-refractivity contribution in [2.75, 3.05) is 32.8 Å². The molecule has 2 saturated heterocycles. The SMILES string of the molecule is c1cnn(CCCCCN2CCC(C3OCCO3)CC2)c1. The van der Waals surface area contributed by atoms with Gasteiger partial charge >= 0.3 is 0 Å². The predicted molar refractivity (Wildman–Crippen MR) is 80.9 cm³/mol. The summed E-state index contributed by atoms with van der Waals surface area (Å²) in [5, 5.41) is 4.23. The van der Waals surface area contributed by atoms with Gasteiger partial charge in [-0.25, -0.2) is 0 Å². The van der Waals surface area contributed by atoms with Crippen LogP contribution in [0.3, 0.4) is 0 Å². The highest BCUT2D eigenvalue weighted by molar-refractivity contribution is 4.78. The average Bonchev–Trinajstić information content (AvgIpc) is 3.21. The highest BCUT2D eigenvalue weighted by Gasteiger charge is 2.29. The molecule has 0 spiro atoms. The first-order valence-corrected chi connectivity index (χ1v) is 8.35. The Bertz CT molecular complexity index is 382. The Morgan fingerprint density at radius 3 is 2.48 bits per heavy atom. The van der Waals surface area contributed by atoms with Gasteiger partial charge < -0.3 is 14.4 Å². The van der Waals surface area contributed by atoms with Crippen LogP contribution in [0.2, 0.25) is 0 Å². The molecule has 0 aliphatic carbocycles. The van der Waals surface area contributed by atoms with Crippen molar-refractivity contribution in [3.8, 4) is 0 Å². The summed E-state index contributed by atoms with van der Waals surface area (Å²) in [6.07, 6.45) is 10.2. The second-order valence-corrected chi connectivity index (χ2v) is 6.12. The first-order valence-electron chi connectivity index (χ1n) is 8.35. The van der Waals surface area contributed by atoms with E-state index >= 15 is 0 Å². The maximum Gasteiger partial charge on any atom is 0.160 e. The largest absolute Gasteiger partial charge is 0.350 e. The second-order valence-electron chi connectivity index (χ2n) is 6.12. The Morgan fingerprint density at radius 1 is 1.00 bits per heavy atom. The maximum atomic E-state index is 5.63. The van der Waals surface area contributed by atoms with Gasteiger partial charge in [0.15, 0.2) is 6.29 Å². The topological polar surface area (TPSA) is 39.5 Å². The van der Waals surface area contributed by atoms with Gasteiger partial charge in [0, 0.05) is 24.9 Å². The number of ether oxygens (including phenoxy) is 2. The van der Waals surface area contributed by atoms with Crippen molar-refractivity contribution in [3.05, 3.63) is 18.5 Å². The summed E-state index contributed by atoms with van der Waals surface area (Å²) in [6.45, 7) is 6.24. The molecular weight excluding hydrogens is 266 g/mol. The van der Waals surface area contributed by atoms with Gasteiger partial charge in [-0.1, -0.05) is 6.42 Å². The van der Waals surface area contributed by atoms with Gasteiger partial charge in [0.1, 0.15) is 0 Å². The molecule has 3 heterocycles. The number of rotatable bonds is 7. The van der Waals surface area contributed by atoms with Gasteiger partial charge in [-0.2, -0.15) is 5.10 Å². The Kier molecular flexibility index (Phi) is 5.66. The first-order chi connectivity index (χ1) is 10.4. The molecule has 5 nitrogen and oxygen atoms in total. The van der Waals surface area contributed by atoms with Crippen molar-refractivity contribution in [1.29, 1.82) is 0 Å². The summed E-state index contributed by atoms with van der Waals surface area (Å²) in [5.41, 5.74) is 0. The van der Waals surface area contributed by atoms with Crippen LogP contribution < -0.4 is 0 Å². The fraction of sp³-hybridized carbons (Fsp3) is 0.812. The summed E-state index contributed by atoms with van der Waals surface area (Å²) in [5.74, 6) is 0.614. The highest BCUT2D eigenvalue weighted by Crippen LogP contribution is 2.25. The van der Waals surface area contributed by atoms with E-state index in [0.29, 0.717) is 5.92 Å². The maximum absolute atomic E-state index is 5.63. The summed E-state index contributed by atoms with van der Waals surface area (Å²) in [6, 6.07) is 1.99. The van der Waals surface area contributed by atoms with Gasteiger partial charge in [-0.15, -0.1) is 0 Å². The molecule has 3 rings (SSSR count). The average molecular weight is 293 g/mol. The van der Waals surface area contributed by atoms with Crippen LogP contribution in [0.5, 0.6) is 0 Å². The van der Waals surface area contributed by atoms with E-state index in [1.807, 2.05) is 23.1 Å². The van der Waals surface area contributed by atoms with Crippen LogP contribution in [-0.2, 0) is 16.0 Å². The standard InChI is InChI=1S/C16H27N3O2/c1(3-9-19-10-4-7-17-19)2-8-18-11-5-15(6-12-18)16-20-13-14-21-16/h4,7,10,15-16H,1-3,5-6,8-9,11-14H2. The Balaban J connectivity index is 1.24. The van der Waals surface area contributed by atoms with Gasteiger partial charge in [-0.05, 0) is 51.4 Å². The van der Waals surface area contributed by atoms with E-state index in [-0.39, 0.29) is 6.29 Å². The Morgan fingerprint density at radius 2 is 1.76 bits per heavy atom. The molecule has 0 unspecified atom stereocenters. The van der Waals surface area contributed by atoms with Crippen LogP contribution in [0, 0.1) is 5.92 Å². The van der Waals surface area contributed by atoms with Gasteiger partial charge in [-0.3, -0.25) is 4.68 Å². The van der Waals surface area contributed by atoms with Crippen molar-refractivity contribution in [1.82, 2.24) is 14.7 Å². The second kappa shape index (κ2) is 7.92. The third-order valence-corrected chi connectivity index (χ3v) is 4.59. The van der Waals surface area contributed by atoms with Crippen molar-refractivity contribution in [2.24, 2.45) is 5.92 Å². The lowest BCUT2D eigenvalue weighted by Crippen LogP contribution is -2.38. The lowest BCUT2D eigenvalue weighted by molar-refractivity contribution is -0.0973. The molecule has 1 aromatic rings. The number of likely N-dealkylation sites (tertiary alicyclic amines) is 1. The van der Waals surface area contributed by atoms with Crippen LogP contribution in [0.25, 0.3) is 0 Å². The van der Waals surface area contributed by atoms with Crippen LogP contribution in [0.4, 0.5) is 0 Å². The van der Waals surface area contributed by atoms with E-state index in [4.69, 9.17) is 9.47 Å². The van der Waals surface area contributed by atoms with Crippen LogP contribution >= 0.6 is 0 Å². The van der Waals surface area contributed by atoms with E-state index in [9.17, 15) is 0 Å². The number of aryl methyl sites for hydroxylation is 1. The molecule has 21 heavy (non-hydrogen) atoms. The van der Waals surface area contributed by atoms with Crippen molar-refractivity contribution >= 4 is 0 Å². The van der Waals surface area contributed by atoms with Gasteiger partial charge in [0.05, 0.1) is 13.2 Å².